The second-order valence-corrected chi connectivity index (χ2v) is 5.28. The van der Waals surface area contributed by atoms with E-state index in [1.807, 2.05) is 13.8 Å². The molecule has 0 amide bonds. The van der Waals surface area contributed by atoms with Crippen molar-refractivity contribution < 1.29 is 8.42 Å². The molecule has 0 rings (SSSR count). The first-order chi connectivity index (χ1) is 5.83. The van der Waals surface area contributed by atoms with Crippen molar-refractivity contribution >= 4 is 10.2 Å². The van der Waals surface area contributed by atoms with Crippen LogP contribution in [0.5, 0.6) is 0 Å². The van der Waals surface area contributed by atoms with Gasteiger partial charge in [0.1, 0.15) is 0 Å². The maximum absolute atomic E-state index is 11.1. The second-order valence-electron chi connectivity index (χ2n) is 3.69. The SMILES string of the molecule is CCNS(=O)(=O)NCC(C)(C)CN. The Morgan fingerprint density at radius 1 is 1.31 bits per heavy atom. The van der Waals surface area contributed by atoms with Gasteiger partial charge in [0.05, 0.1) is 0 Å². The van der Waals surface area contributed by atoms with Crippen molar-refractivity contribution in [3.05, 3.63) is 0 Å². The van der Waals surface area contributed by atoms with Gasteiger partial charge in [-0.1, -0.05) is 20.8 Å². The fraction of sp³-hybridized carbons (Fsp3) is 1.00. The van der Waals surface area contributed by atoms with Gasteiger partial charge >= 0.3 is 0 Å². The molecule has 0 saturated heterocycles. The average Bonchev–Trinajstić information content (AvgIpc) is 2.02. The van der Waals surface area contributed by atoms with Crippen molar-refractivity contribution in [1.29, 1.82) is 0 Å². The summed E-state index contributed by atoms with van der Waals surface area (Å²) in [5.74, 6) is 0. The topological polar surface area (TPSA) is 84.2 Å². The van der Waals surface area contributed by atoms with E-state index in [9.17, 15) is 8.42 Å². The van der Waals surface area contributed by atoms with Crippen molar-refractivity contribution in [3.8, 4) is 0 Å². The molecular weight excluding hydrogens is 190 g/mol. The summed E-state index contributed by atoms with van der Waals surface area (Å²) in [6.45, 7) is 6.72. The van der Waals surface area contributed by atoms with E-state index >= 15 is 0 Å². The molecule has 0 aliphatic rings. The fourth-order valence-corrected chi connectivity index (χ4v) is 1.67. The molecule has 80 valence electrons. The second kappa shape index (κ2) is 4.90. The highest BCUT2D eigenvalue weighted by molar-refractivity contribution is 7.87. The van der Waals surface area contributed by atoms with Gasteiger partial charge in [-0.15, -0.1) is 0 Å². The van der Waals surface area contributed by atoms with Gasteiger partial charge < -0.3 is 5.73 Å². The summed E-state index contributed by atoms with van der Waals surface area (Å²) in [5, 5.41) is 0. The van der Waals surface area contributed by atoms with Crippen LogP contribution < -0.4 is 15.2 Å². The molecule has 0 radical (unpaired) electrons. The third-order valence-corrected chi connectivity index (χ3v) is 2.82. The van der Waals surface area contributed by atoms with E-state index in [2.05, 4.69) is 9.44 Å². The zero-order valence-electron chi connectivity index (χ0n) is 8.42. The summed E-state index contributed by atoms with van der Waals surface area (Å²) in [7, 11) is -3.33. The fourth-order valence-electron chi connectivity index (χ4n) is 0.604. The monoisotopic (exact) mass is 209 g/mol. The van der Waals surface area contributed by atoms with E-state index in [4.69, 9.17) is 5.73 Å². The van der Waals surface area contributed by atoms with E-state index in [-0.39, 0.29) is 5.41 Å². The van der Waals surface area contributed by atoms with Gasteiger partial charge in [0, 0.05) is 13.1 Å². The Hall–Kier alpha value is -0.170. The van der Waals surface area contributed by atoms with Crippen LogP contribution in [0, 0.1) is 5.41 Å². The molecule has 0 heterocycles. The summed E-state index contributed by atoms with van der Waals surface area (Å²) in [4.78, 5) is 0. The zero-order valence-corrected chi connectivity index (χ0v) is 9.24. The lowest BCUT2D eigenvalue weighted by molar-refractivity contribution is 0.375. The Balaban J connectivity index is 4.02. The molecule has 0 bridgehead atoms. The largest absolute Gasteiger partial charge is 0.330 e. The van der Waals surface area contributed by atoms with E-state index in [1.165, 1.54) is 0 Å². The minimum atomic E-state index is -3.33. The highest BCUT2D eigenvalue weighted by atomic mass is 32.2. The molecule has 0 aromatic rings. The lowest BCUT2D eigenvalue weighted by atomic mass is 9.95. The number of hydrogen-bond donors (Lipinski definition) is 3. The standard InChI is InChI=1S/C7H19N3O2S/c1-4-9-13(11,12)10-6-7(2,3)5-8/h9-10H,4-6,8H2,1-3H3. The number of nitrogens with one attached hydrogen (secondary N) is 2. The molecular formula is C7H19N3O2S. The van der Waals surface area contributed by atoms with Crippen LogP contribution in [0.2, 0.25) is 0 Å². The number of nitrogens with two attached hydrogens (primary N) is 1. The predicted octanol–water partition coefficient (Wildman–Crippen LogP) is -0.585. The third-order valence-electron chi connectivity index (χ3n) is 1.63. The lowest BCUT2D eigenvalue weighted by Crippen LogP contribution is -2.43. The summed E-state index contributed by atoms with van der Waals surface area (Å²) in [6, 6.07) is 0. The zero-order chi connectivity index (χ0) is 10.5. The lowest BCUT2D eigenvalue weighted by Gasteiger charge is -2.22. The minimum absolute atomic E-state index is 0.206. The van der Waals surface area contributed by atoms with Gasteiger partial charge in [0.2, 0.25) is 0 Å². The van der Waals surface area contributed by atoms with Gasteiger partial charge in [-0.25, -0.2) is 9.44 Å². The van der Waals surface area contributed by atoms with E-state index in [1.54, 1.807) is 6.92 Å². The summed E-state index contributed by atoms with van der Waals surface area (Å²) in [5.41, 5.74) is 5.25. The Morgan fingerprint density at radius 3 is 2.23 bits per heavy atom. The van der Waals surface area contributed by atoms with Crippen LogP contribution in [0.3, 0.4) is 0 Å². The van der Waals surface area contributed by atoms with Crippen LogP contribution in [0.4, 0.5) is 0 Å². The predicted molar refractivity (Wildman–Crippen MR) is 53.4 cm³/mol. The van der Waals surface area contributed by atoms with Crippen molar-refractivity contribution in [2.75, 3.05) is 19.6 Å². The maximum Gasteiger partial charge on any atom is 0.276 e. The molecule has 0 spiro atoms. The highest BCUT2D eigenvalue weighted by Crippen LogP contribution is 2.10. The Morgan fingerprint density at radius 2 is 1.85 bits per heavy atom. The molecule has 5 nitrogen and oxygen atoms in total. The first kappa shape index (κ1) is 12.8. The van der Waals surface area contributed by atoms with Gasteiger partial charge in [-0.2, -0.15) is 8.42 Å². The van der Waals surface area contributed by atoms with Crippen LogP contribution in [-0.2, 0) is 10.2 Å². The van der Waals surface area contributed by atoms with Gasteiger partial charge in [-0.05, 0) is 12.0 Å². The quantitative estimate of drug-likeness (QED) is 0.547. The molecule has 13 heavy (non-hydrogen) atoms. The Labute approximate surface area is 80.3 Å². The van der Waals surface area contributed by atoms with Crippen LogP contribution in [-0.4, -0.2) is 28.1 Å². The molecule has 0 aliphatic heterocycles. The number of hydrogen-bond acceptors (Lipinski definition) is 3. The molecule has 0 aliphatic carbocycles. The van der Waals surface area contributed by atoms with Crippen LogP contribution >= 0.6 is 0 Å². The Bertz CT molecular complexity index is 236. The first-order valence-corrected chi connectivity index (χ1v) is 5.75. The van der Waals surface area contributed by atoms with E-state index in [0.717, 1.165) is 0 Å². The summed E-state index contributed by atoms with van der Waals surface area (Å²) < 4.78 is 27.0. The molecule has 6 heteroatoms. The highest BCUT2D eigenvalue weighted by Gasteiger charge is 2.18. The van der Waals surface area contributed by atoms with Crippen molar-refractivity contribution in [3.63, 3.8) is 0 Å². The summed E-state index contributed by atoms with van der Waals surface area (Å²) in [6.07, 6.45) is 0. The van der Waals surface area contributed by atoms with Crippen LogP contribution in [0.25, 0.3) is 0 Å². The number of rotatable bonds is 6. The molecule has 0 saturated carbocycles. The average molecular weight is 209 g/mol. The molecule has 0 fully saturated rings. The third kappa shape index (κ3) is 5.98. The van der Waals surface area contributed by atoms with Crippen molar-refractivity contribution in [2.24, 2.45) is 11.1 Å². The van der Waals surface area contributed by atoms with Crippen molar-refractivity contribution in [1.82, 2.24) is 9.44 Å². The minimum Gasteiger partial charge on any atom is -0.330 e. The Kier molecular flexibility index (Phi) is 4.83. The van der Waals surface area contributed by atoms with E-state index in [0.29, 0.717) is 19.6 Å². The van der Waals surface area contributed by atoms with Gasteiger partial charge in [0.25, 0.3) is 10.2 Å². The van der Waals surface area contributed by atoms with Gasteiger partial charge in [-0.3, -0.25) is 0 Å². The van der Waals surface area contributed by atoms with Crippen molar-refractivity contribution in [2.45, 2.75) is 20.8 Å². The molecule has 0 aromatic carbocycles. The molecule has 0 atom stereocenters. The molecule has 0 aromatic heterocycles. The van der Waals surface area contributed by atoms with E-state index < -0.39 is 10.2 Å². The summed E-state index contributed by atoms with van der Waals surface area (Å²) >= 11 is 0. The smallest absolute Gasteiger partial charge is 0.276 e. The molecule has 4 N–H and O–H groups in total. The van der Waals surface area contributed by atoms with Crippen LogP contribution in [0.1, 0.15) is 20.8 Å². The normalized spacial score (nSPS) is 13.2. The molecule has 0 unspecified atom stereocenters. The van der Waals surface area contributed by atoms with Gasteiger partial charge in [0.15, 0.2) is 0 Å². The first-order valence-electron chi connectivity index (χ1n) is 4.27. The maximum atomic E-state index is 11.1. The van der Waals surface area contributed by atoms with Crippen LogP contribution in [0.15, 0.2) is 0 Å².